The highest BCUT2D eigenvalue weighted by Crippen LogP contribution is 2.27. The number of rotatable bonds is 4. The Balaban J connectivity index is 1.66. The van der Waals surface area contributed by atoms with Crippen LogP contribution in [-0.2, 0) is 17.5 Å². The molecule has 3 aromatic rings. The molecule has 3 rings (SSSR count). The SMILES string of the molecule is O=C(Cn1ccc(C(F)(F)F)n1)Nc1cnn(-c2ncccc2F)c1. The third-order valence-corrected chi connectivity index (χ3v) is 3.06. The van der Waals surface area contributed by atoms with Crippen molar-refractivity contribution < 1.29 is 22.4 Å². The van der Waals surface area contributed by atoms with Crippen molar-refractivity contribution >= 4 is 11.6 Å². The molecular formula is C14H10F4N6O. The summed E-state index contributed by atoms with van der Waals surface area (Å²) < 4.78 is 53.0. The minimum atomic E-state index is -4.57. The van der Waals surface area contributed by atoms with Gasteiger partial charge in [0, 0.05) is 12.4 Å². The molecule has 0 unspecified atom stereocenters. The fourth-order valence-corrected chi connectivity index (χ4v) is 2.00. The van der Waals surface area contributed by atoms with E-state index >= 15 is 0 Å². The number of nitrogens with one attached hydrogen (secondary N) is 1. The lowest BCUT2D eigenvalue weighted by atomic mass is 10.4. The van der Waals surface area contributed by atoms with Crippen molar-refractivity contribution in [3.8, 4) is 5.82 Å². The minimum absolute atomic E-state index is 0.0510. The molecule has 0 spiro atoms. The van der Waals surface area contributed by atoms with Gasteiger partial charge in [-0.2, -0.15) is 23.4 Å². The molecule has 1 amide bonds. The number of nitrogens with zero attached hydrogens (tertiary/aromatic N) is 5. The highest BCUT2D eigenvalue weighted by atomic mass is 19.4. The third kappa shape index (κ3) is 3.82. The molecule has 3 heterocycles. The third-order valence-electron chi connectivity index (χ3n) is 3.06. The number of amides is 1. The summed E-state index contributed by atoms with van der Waals surface area (Å²) in [5, 5.41) is 9.58. The summed E-state index contributed by atoms with van der Waals surface area (Å²) in [5.41, 5.74) is -0.850. The van der Waals surface area contributed by atoms with E-state index in [4.69, 9.17) is 0 Å². The monoisotopic (exact) mass is 354 g/mol. The Morgan fingerprint density at radius 3 is 2.76 bits per heavy atom. The van der Waals surface area contributed by atoms with E-state index in [1.165, 1.54) is 30.7 Å². The highest BCUT2D eigenvalue weighted by molar-refractivity contribution is 5.90. The fourth-order valence-electron chi connectivity index (χ4n) is 2.00. The molecule has 25 heavy (non-hydrogen) atoms. The molecule has 3 aromatic heterocycles. The van der Waals surface area contributed by atoms with Gasteiger partial charge in [-0.3, -0.25) is 9.48 Å². The molecule has 0 saturated heterocycles. The Morgan fingerprint density at radius 2 is 2.08 bits per heavy atom. The van der Waals surface area contributed by atoms with Gasteiger partial charge in [0.1, 0.15) is 6.54 Å². The van der Waals surface area contributed by atoms with Crippen molar-refractivity contribution in [2.24, 2.45) is 0 Å². The Labute approximate surface area is 137 Å². The van der Waals surface area contributed by atoms with Crippen LogP contribution in [-0.4, -0.2) is 30.5 Å². The number of hydrogen-bond acceptors (Lipinski definition) is 4. The average molecular weight is 354 g/mol. The lowest BCUT2D eigenvalue weighted by molar-refractivity contribution is -0.141. The zero-order valence-electron chi connectivity index (χ0n) is 12.4. The molecular weight excluding hydrogens is 344 g/mol. The van der Waals surface area contributed by atoms with Crippen LogP contribution in [0.5, 0.6) is 0 Å². The standard InChI is InChI=1S/C14H10F4N6O/c15-10-2-1-4-19-13(10)24-7-9(6-20-24)21-12(25)8-23-5-3-11(22-23)14(16,17)18/h1-7H,8H2,(H,21,25). The van der Waals surface area contributed by atoms with Gasteiger partial charge in [0.25, 0.3) is 0 Å². The minimum Gasteiger partial charge on any atom is -0.322 e. The molecule has 0 aliphatic carbocycles. The molecule has 0 radical (unpaired) electrons. The van der Waals surface area contributed by atoms with Gasteiger partial charge in [0.05, 0.1) is 18.1 Å². The molecule has 130 valence electrons. The second kappa shape index (κ2) is 6.34. The molecule has 0 saturated carbocycles. The largest absolute Gasteiger partial charge is 0.435 e. The van der Waals surface area contributed by atoms with Gasteiger partial charge in [-0.25, -0.2) is 14.1 Å². The average Bonchev–Trinajstić information content (AvgIpc) is 3.17. The van der Waals surface area contributed by atoms with Crippen LogP contribution in [0.1, 0.15) is 5.69 Å². The topological polar surface area (TPSA) is 77.6 Å². The van der Waals surface area contributed by atoms with Gasteiger partial charge in [-0.15, -0.1) is 0 Å². The van der Waals surface area contributed by atoms with Crippen LogP contribution in [0.4, 0.5) is 23.2 Å². The predicted octanol–water partition coefficient (Wildman–Crippen LogP) is 2.26. The van der Waals surface area contributed by atoms with E-state index < -0.39 is 30.1 Å². The van der Waals surface area contributed by atoms with Gasteiger partial charge >= 0.3 is 6.18 Å². The maximum atomic E-state index is 13.6. The van der Waals surface area contributed by atoms with Crippen molar-refractivity contribution in [1.82, 2.24) is 24.5 Å². The van der Waals surface area contributed by atoms with Crippen LogP contribution in [0.25, 0.3) is 5.82 Å². The van der Waals surface area contributed by atoms with Crippen LogP contribution in [0.15, 0.2) is 43.0 Å². The number of anilines is 1. The summed E-state index contributed by atoms with van der Waals surface area (Å²) in [6.07, 6.45) is 0.447. The van der Waals surface area contributed by atoms with Gasteiger partial charge in [-0.05, 0) is 18.2 Å². The number of halogens is 4. The predicted molar refractivity (Wildman–Crippen MR) is 77.2 cm³/mol. The number of carbonyl (C=O) groups excluding carboxylic acids is 1. The van der Waals surface area contributed by atoms with E-state index in [1.54, 1.807) is 0 Å². The van der Waals surface area contributed by atoms with Crippen LogP contribution in [0.2, 0.25) is 0 Å². The summed E-state index contributed by atoms with van der Waals surface area (Å²) in [6.45, 7) is -0.417. The van der Waals surface area contributed by atoms with Crippen molar-refractivity contribution in [3.63, 3.8) is 0 Å². The second-order valence-electron chi connectivity index (χ2n) is 4.93. The first-order valence-electron chi connectivity index (χ1n) is 6.89. The molecule has 0 bridgehead atoms. The quantitative estimate of drug-likeness (QED) is 0.729. The first kappa shape index (κ1) is 16.6. The molecule has 0 aliphatic rings. The van der Waals surface area contributed by atoms with E-state index in [-0.39, 0.29) is 11.5 Å². The second-order valence-corrected chi connectivity index (χ2v) is 4.93. The van der Waals surface area contributed by atoms with E-state index in [0.29, 0.717) is 0 Å². The molecule has 0 fully saturated rings. The van der Waals surface area contributed by atoms with Gasteiger partial charge in [0.15, 0.2) is 17.3 Å². The van der Waals surface area contributed by atoms with E-state index in [2.05, 4.69) is 20.5 Å². The zero-order chi connectivity index (χ0) is 18.0. The number of carbonyl (C=O) groups is 1. The maximum Gasteiger partial charge on any atom is 0.435 e. The van der Waals surface area contributed by atoms with Gasteiger partial charge in [-0.1, -0.05) is 0 Å². The van der Waals surface area contributed by atoms with E-state index in [0.717, 1.165) is 21.6 Å². The van der Waals surface area contributed by atoms with Crippen molar-refractivity contribution in [1.29, 1.82) is 0 Å². The Hall–Kier alpha value is -3.24. The molecule has 1 N–H and O–H groups in total. The molecule has 11 heteroatoms. The molecule has 0 aromatic carbocycles. The summed E-state index contributed by atoms with van der Waals surface area (Å²) in [6, 6.07) is 3.40. The first-order valence-corrected chi connectivity index (χ1v) is 6.89. The Bertz CT molecular complexity index is 901. The number of aromatic nitrogens is 5. The number of pyridine rings is 1. The number of hydrogen-bond donors (Lipinski definition) is 1. The molecule has 7 nitrogen and oxygen atoms in total. The zero-order valence-corrected chi connectivity index (χ0v) is 12.4. The summed E-state index contributed by atoms with van der Waals surface area (Å²) in [5.74, 6) is -1.26. The lowest BCUT2D eigenvalue weighted by Gasteiger charge is -2.04. The first-order chi connectivity index (χ1) is 11.8. The van der Waals surface area contributed by atoms with Crippen LogP contribution in [0, 0.1) is 5.82 Å². The molecule has 0 atom stereocenters. The Morgan fingerprint density at radius 1 is 1.28 bits per heavy atom. The lowest BCUT2D eigenvalue weighted by Crippen LogP contribution is -2.19. The summed E-state index contributed by atoms with van der Waals surface area (Å²) in [7, 11) is 0. The van der Waals surface area contributed by atoms with Crippen molar-refractivity contribution in [2.45, 2.75) is 12.7 Å². The number of alkyl halides is 3. The molecule has 0 aliphatic heterocycles. The van der Waals surface area contributed by atoms with Gasteiger partial charge in [0.2, 0.25) is 5.91 Å². The van der Waals surface area contributed by atoms with E-state index in [9.17, 15) is 22.4 Å². The summed E-state index contributed by atoms with van der Waals surface area (Å²) >= 11 is 0. The maximum absolute atomic E-state index is 13.6. The fraction of sp³-hybridized carbons (Fsp3) is 0.143. The normalized spacial score (nSPS) is 11.5. The van der Waals surface area contributed by atoms with E-state index in [1.807, 2.05) is 0 Å². The van der Waals surface area contributed by atoms with Crippen LogP contribution >= 0.6 is 0 Å². The van der Waals surface area contributed by atoms with Crippen LogP contribution < -0.4 is 5.32 Å². The smallest absolute Gasteiger partial charge is 0.322 e. The summed E-state index contributed by atoms with van der Waals surface area (Å²) in [4.78, 5) is 15.7. The van der Waals surface area contributed by atoms with Crippen molar-refractivity contribution in [3.05, 3.63) is 54.5 Å². The Kier molecular flexibility index (Phi) is 4.21. The van der Waals surface area contributed by atoms with Crippen LogP contribution in [0.3, 0.4) is 0 Å². The highest BCUT2D eigenvalue weighted by Gasteiger charge is 2.33. The van der Waals surface area contributed by atoms with Crippen molar-refractivity contribution in [2.75, 3.05) is 5.32 Å². The van der Waals surface area contributed by atoms with Gasteiger partial charge < -0.3 is 5.32 Å².